The van der Waals surface area contributed by atoms with E-state index < -0.39 is 5.97 Å². The van der Waals surface area contributed by atoms with Gasteiger partial charge < -0.3 is 10.2 Å². The lowest BCUT2D eigenvalue weighted by molar-refractivity contribution is -0.136. The molecular weight excluding hydrogens is 342 g/mol. The van der Waals surface area contributed by atoms with Crippen LogP contribution in [0.3, 0.4) is 0 Å². The van der Waals surface area contributed by atoms with Crippen molar-refractivity contribution in [1.82, 2.24) is 4.98 Å². The molecular formula is C21H19N3O3. The van der Waals surface area contributed by atoms with E-state index in [0.29, 0.717) is 16.9 Å². The van der Waals surface area contributed by atoms with Gasteiger partial charge in [0.15, 0.2) is 0 Å². The Morgan fingerprint density at radius 1 is 0.963 bits per heavy atom. The van der Waals surface area contributed by atoms with Crippen LogP contribution in [-0.4, -0.2) is 21.2 Å². The van der Waals surface area contributed by atoms with E-state index in [4.69, 9.17) is 5.11 Å². The molecule has 0 aliphatic carbocycles. The van der Waals surface area contributed by atoms with Crippen LogP contribution in [0.4, 0.5) is 11.4 Å². The molecule has 2 N–H and O–H groups in total. The van der Waals surface area contributed by atoms with Gasteiger partial charge in [-0.2, -0.15) is 10.2 Å². The Bertz CT molecular complexity index is 939. The van der Waals surface area contributed by atoms with Crippen LogP contribution in [-0.2, 0) is 17.6 Å². The fourth-order valence-corrected chi connectivity index (χ4v) is 2.58. The molecule has 0 radical (unpaired) electrons. The molecule has 0 saturated heterocycles. The number of phenolic OH excluding ortho intramolecular Hbond substituents is 1. The third-order valence-corrected chi connectivity index (χ3v) is 4.00. The first-order valence-electron chi connectivity index (χ1n) is 8.54. The summed E-state index contributed by atoms with van der Waals surface area (Å²) in [5.41, 5.74) is 3.95. The molecule has 0 fully saturated rings. The maximum Gasteiger partial charge on any atom is 0.303 e. The van der Waals surface area contributed by atoms with Gasteiger partial charge >= 0.3 is 5.97 Å². The van der Waals surface area contributed by atoms with Gasteiger partial charge in [-0.15, -0.1) is 0 Å². The van der Waals surface area contributed by atoms with Crippen molar-refractivity contribution in [2.75, 3.05) is 0 Å². The first-order valence-corrected chi connectivity index (χ1v) is 8.54. The fourth-order valence-electron chi connectivity index (χ4n) is 2.58. The summed E-state index contributed by atoms with van der Waals surface area (Å²) in [4.78, 5) is 15.0. The molecule has 0 spiro atoms. The van der Waals surface area contributed by atoms with E-state index in [1.165, 1.54) is 6.07 Å². The number of hydrogen-bond acceptors (Lipinski definition) is 5. The Balaban J connectivity index is 1.67. The largest absolute Gasteiger partial charge is 0.508 e. The highest BCUT2D eigenvalue weighted by molar-refractivity contribution is 5.67. The van der Waals surface area contributed by atoms with Crippen molar-refractivity contribution in [1.29, 1.82) is 0 Å². The molecule has 3 rings (SSSR count). The Hall–Kier alpha value is -3.54. The van der Waals surface area contributed by atoms with E-state index in [9.17, 15) is 9.90 Å². The number of aryl methyl sites for hydroxylation is 1. The molecule has 0 bridgehead atoms. The van der Waals surface area contributed by atoms with Crippen LogP contribution in [0, 0.1) is 0 Å². The van der Waals surface area contributed by atoms with Crippen LogP contribution in [0.5, 0.6) is 5.75 Å². The normalized spacial score (nSPS) is 11.0. The molecule has 2 aromatic carbocycles. The Labute approximate surface area is 156 Å². The van der Waals surface area contributed by atoms with Gasteiger partial charge in [0.25, 0.3) is 0 Å². The highest BCUT2D eigenvalue weighted by Crippen LogP contribution is 2.26. The predicted molar refractivity (Wildman–Crippen MR) is 102 cm³/mol. The van der Waals surface area contributed by atoms with Crippen LogP contribution < -0.4 is 0 Å². The van der Waals surface area contributed by atoms with Gasteiger partial charge in [0.05, 0.1) is 11.4 Å². The number of carboxylic acid groups (broad SMARTS) is 1. The summed E-state index contributed by atoms with van der Waals surface area (Å²) in [6.45, 7) is 0. The standard InChI is InChI=1S/C21H19N3O3/c25-20-10-9-19(14-16(20)6-11-21(26)27)24-23-17-7-4-15(5-8-17)13-18-3-1-2-12-22-18/h1-5,7-10,12,14,25H,6,11,13H2,(H,26,27). The van der Waals surface area contributed by atoms with Gasteiger partial charge in [-0.25, -0.2) is 0 Å². The number of carbonyl (C=O) groups is 1. The van der Waals surface area contributed by atoms with Crippen molar-refractivity contribution in [3.05, 3.63) is 83.7 Å². The van der Waals surface area contributed by atoms with Crippen molar-refractivity contribution in [3.8, 4) is 5.75 Å². The SMILES string of the molecule is O=C(O)CCc1cc(N=Nc2ccc(Cc3ccccn3)cc2)ccc1O. The zero-order chi connectivity index (χ0) is 19.1. The quantitative estimate of drug-likeness (QED) is 0.590. The summed E-state index contributed by atoms with van der Waals surface area (Å²) in [5, 5.41) is 27.0. The van der Waals surface area contributed by atoms with Crippen LogP contribution in [0.25, 0.3) is 0 Å². The molecule has 0 unspecified atom stereocenters. The zero-order valence-electron chi connectivity index (χ0n) is 14.6. The second kappa shape index (κ2) is 8.71. The molecule has 6 heteroatoms. The molecule has 136 valence electrons. The lowest BCUT2D eigenvalue weighted by atomic mass is 10.1. The van der Waals surface area contributed by atoms with Gasteiger partial charge in [0, 0.05) is 24.7 Å². The Morgan fingerprint density at radius 3 is 2.41 bits per heavy atom. The minimum Gasteiger partial charge on any atom is -0.508 e. The lowest BCUT2D eigenvalue weighted by Crippen LogP contribution is -1.97. The van der Waals surface area contributed by atoms with E-state index in [2.05, 4.69) is 15.2 Å². The maximum atomic E-state index is 10.7. The second-order valence-electron chi connectivity index (χ2n) is 6.07. The number of nitrogens with zero attached hydrogens (tertiary/aromatic N) is 3. The lowest BCUT2D eigenvalue weighted by Gasteiger charge is -2.04. The van der Waals surface area contributed by atoms with Gasteiger partial charge in [-0.1, -0.05) is 18.2 Å². The van der Waals surface area contributed by atoms with Gasteiger partial charge in [0.2, 0.25) is 0 Å². The average Bonchev–Trinajstić information content (AvgIpc) is 2.68. The Kier molecular flexibility index (Phi) is 5.89. The molecule has 3 aromatic rings. The Morgan fingerprint density at radius 2 is 1.70 bits per heavy atom. The molecule has 0 aliphatic heterocycles. The number of aromatic hydroxyl groups is 1. The van der Waals surface area contributed by atoms with Crippen LogP contribution in [0.15, 0.2) is 77.1 Å². The van der Waals surface area contributed by atoms with Crippen LogP contribution in [0.1, 0.15) is 23.2 Å². The van der Waals surface area contributed by atoms with Crippen molar-refractivity contribution in [2.24, 2.45) is 10.2 Å². The first-order chi connectivity index (χ1) is 13.1. The van der Waals surface area contributed by atoms with Crippen molar-refractivity contribution in [2.45, 2.75) is 19.3 Å². The fraction of sp³-hybridized carbons (Fsp3) is 0.143. The highest BCUT2D eigenvalue weighted by Gasteiger charge is 2.06. The summed E-state index contributed by atoms with van der Waals surface area (Å²) in [6.07, 6.45) is 2.72. The van der Waals surface area contributed by atoms with Crippen molar-refractivity contribution >= 4 is 17.3 Å². The third-order valence-electron chi connectivity index (χ3n) is 4.00. The van der Waals surface area contributed by atoms with Crippen LogP contribution in [0.2, 0.25) is 0 Å². The van der Waals surface area contributed by atoms with Gasteiger partial charge in [-0.3, -0.25) is 9.78 Å². The third kappa shape index (κ3) is 5.47. The molecule has 0 saturated carbocycles. The van der Waals surface area contributed by atoms with E-state index in [1.807, 2.05) is 42.5 Å². The first kappa shape index (κ1) is 18.3. The molecule has 0 atom stereocenters. The topological polar surface area (TPSA) is 95.1 Å². The second-order valence-corrected chi connectivity index (χ2v) is 6.07. The summed E-state index contributed by atoms with van der Waals surface area (Å²) < 4.78 is 0. The van der Waals surface area contributed by atoms with E-state index in [-0.39, 0.29) is 18.6 Å². The molecule has 27 heavy (non-hydrogen) atoms. The summed E-state index contributed by atoms with van der Waals surface area (Å²) in [7, 11) is 0. The minimum atomic E-state index is -0.910. The van der Waals surface area contributed by atoms with Gasteiger partial charge in [0.1, 0.15) is 5.75 Å². The molecule has 0 aliphatic rings. The van der Waals surface area contributed by atoms with E-state index >= 15 is 0 Å². The number of aromatic nitrogens is 1. The number of pyridine rings is 1. The average molecular weight is 361 g/mol. The minimum absolute atomic E-state index is 0.0497. The summed E-state index contributed by atoms with van der Waals surface area (Å²) in [6, 6.07) is 18.4. The van der Waals surface area contributed by atoms with Gasteiger partial charge in [-0.05, 0) is 60.0 Å². The number of carboxylic acids is 1. The smallest absolute Gasteiger partial charge is 0.303 e. The molecule has 1 aromatic heterocycles. The number of hydrogen-bond donors (Lipinski definition) is 2. The van der Waals surface area contributed by atoms with Crippen LogP contribution >= 0.6 is 0 Å². The predicted octanol–water partition coefficient (Wildman–Crippen LogP) is 4.81. The molecule has 1 heterocycles. The van der Waals surface area contributed by atoms with E-state index in [1.54, 1.807) is 18.3 Å². The molecule has 6 nitrogen and oxygen atoms in total. The number of azo groups is 1. The zero-order valence-corrected chi connectivity index (χ0v) is 14.6. The maximum absolute atomic E-state index is 10.7. The number of benzene rings is 2. The van der Waals surface area contributed by atoms with Crippen molar-refractivity contribution in [3.63, 3.8) is 0 Å². The number of aliphatic carboxylic acids is 1. The summed E-state index contributed by atoms with van der Waals surface area (Å²) in [5.74, 6) is -0.846. The van der Waals surface area contributed by atoms with Crippen molar-refractivity contribution < 1.29 is 15.0 Å². The highest BCUT2D eigenvalue weighted by atomic mass is 16.4. The monoisotopic (exact) mass is 361 g/mol. The summed E-state index contributed by atoms with van der Waals surface area (Å²) >= 11 is 0. The molecule has 0 amide bonds. The number of phenols is 1. The number of rotatable bonds is 7. The van der Waals surface area contributed by atoms with E-state index in [0.717, 1.165) is 17.7 Å².